The lowest BCUT2D eigenvalue weighted by atomic mass is 9.83. The van der Waals surface area contributed by atoms with Gasteiger partial charge in [-0.3, -0.25) is 9.59 Å². The fraction of sp³-hybridized carbons (Fsp3) is 0.500. The topological polar surface area (TPSA) is 78.9 Å². The molecule has 0 amide bonds. The number of rotatable bonds is 5. The summed E-state index contributed by atoms with van der Waals surface area (Å²) in [6.07, 6.45) is -0.750. The van der Waals surface area contributed by atoms with E-state index >= 15 is 0 Å². The Balaban J connectivity index is 1.86. The molecule has 0 spiro atoms. The Hall–Kier alpha value is -1.38. The summed E-state index contributed by atoms with van der Waals surface area (Å²) in [5, 5.41) is 0. The first-order valence-electron chi connectivity index (χ1n) is 10.0. The predicted octanol–water partition coefficient (Wildman–Crippen LogP) is 5.30. The van der Waals surface area contributed by atoms with Crippen LogP contribution in [0.3, 0.4) is 0 Å². The number of halogens is 5. The number of fused-ring (bicyclic) bond motifs is 2. The van der Waals surface area contributed by atoms with Crippen molar-refractivity contribution in [1.29, 1.82) is 0 Å². The van der Waals surface area contributed by atoms with Crippen molar-refractivity contribution in [1.82, 2.24) is 0 Å². The molecular weight excluding hydrogens is 671 g/mol. The molecule has 2 aliphatic carbocycles. The Morgan fingerprint density at radius 1 is 1.00 bits per heavy atom. The van der Waals surface area contributed by atoms with E-state index < -0.39 is 54.0 Å². The Kier molecular flexibility index (Phi) is 7.71. The first kappa shape index (κ1) is 26.2. The smallest absolute Gasteiger partial charge is 0.422 e. The number of hydrogen-bond donors (Lipinski definition) is 0. The van der Waals surface area contributed by atoms with Crippen molar-refractivity contribution in [2.24, 2.45) is 23.7 Å². The molecule has 3 rings (SSSR count). The molecule has 0 saturated heterocycles. The number of alkyl halides is 3. The maximum Gasteiger partial charge on any atom is 0.422 e. The van der Waals surface area contributed by atoms with E-state index in [2.05, 4.69) is 4.74 Å². The average Bonchev–Trinajstić information content (AvgIpc) is 3.27. The van der Waals surface area contributed by atoms with E-state index in [4.69, 9.17) is 9.47 Å². The molecule has 1 saturated carbocycles. The van der Waals surface area contributed by atoms with Crippen molar-refractivity contribution in [3.8, 4) is 5.75 Å². The van der Waals surface area contributed by atoms with Gasteiger partial charge >= 0.3 is 24.1 Å². The molecule has 2 bridgehead atoms. The van der Waals surface area contributed by atoms with Crippen LogP contribution in [-0.2, 0) is 19.1 Å². The van der Waals surface area contributed by atoms with Crippen LogP contribution in [0.25, 0.3) is 0 Å². The van der Waals surface area contributed by atoms with Gasteiger partial charge in [-0.05, 0) is 96.3 Å². The van der Waals surface area contributed by atoms with Crippen molar-refractivity contribution in [2.45, 2.75) is 39.0 Å². The molecule has 1 aromatic rings. The number of carbonyl (C=O) groups is 3. The Morgan fingerprint density at radius 2 is 1.58 bits per heavy atom. The zero-order chi connectivity index (χ0) is 24.7. The lowest BCUT2D eigenvalue weighted by Crippen LogP contribution is -2.38. The largest absolute Gasteiger partial charge is 0.456 e. The van der Waals surface area contributed by atoms with Gasteiger partial charge in [-0.15, -0.1) is 0 Å². The molecular formula is C22H21F3I2O6. The zero-order valence-electron chi connectivity index (χ0n) is 17.9. The van der Waals surface area contributed by atoms with Gasteiger partial charge in [0.15, 0.2) is 12.4 Å². The van der Waals surface area contributed by atoms with Gasteiger partial charge in [0.25, 0.3) is 0 Å². The summed E-state index contributed by atoms with van der Waals surface area (Å²) >= 11 is 3.94. The molecule has 1 fully saturated rings. The van der Waals surface area contributed by atoms with Gasteiger partial charge in [0.2, 0.25) is 0 Å². The van der Waals surface area contributed by atoms with E-state index in [1.165, 1.54) is 6.07 Å². The third-order valence-corrected chi connectivity index (χ3v) is 6.64. The van der Waals surface area contributed by atoms with Crippen LogP contribution in [0.5, 0.6) is 5.75 Å². The summed E-state index contributed by atoms with van der Waals surface area (Å²) < 4.78 is 54.2. The van der Waals surface area contributed by atoms with Gasteiger partial charge in [0.1, 0.15) is 11.2 Å². The number of ether oxygens (including phenoxy) is 3. The van der Waals surface area contributed by atoms with Crippen molar-refractivity contribution in [3.05, 3.63) is 37.0 Å². The van der Waals surface area contributed by atoms with Crippen LogP contribution in [0.15, 0.2) is 24.3 Å². The fourth-order valence-corrected chi connectivity index (χ4v) is 5.99. The quantitative estimate of drug-likeness (QED) is 0.181. The van der Waals surface area contributed by atoms with Crippen LogP contribution in [0.4, 0.5) is 13.2 Å². The van der Waals surface area contributed by atoms with E-state index in [0.717, 1.165) is 0 Å². The van der Waals surface area contributed by atoms with Gasteiger partial charge in [0, 0.05) is 3.57 Å². The van der Waals surface area contributed by atoms with Gasteiger partial charge in [0.05, 0.1) is 15.4 Å². The summed E-state index contributed by atoms with van der Waals surface area (Å²) in [4.78, 5) is 38.4. The van der Waals surface area contributed by atoms with Crippen LogP contribution in [-0.4, -0.2) is 36.3 Å². The molecule has 180 valence electrons. The first-order valence-corrected chi connectivity index (χ1v) is 12.2. The van der Waals surface area contributed by atoms with Gasteiger partial charge in [-0.2, -0.15) is 13.2 Å². The molecule has 1 aromatic carbocycles. The minimum Gasteiger partial charge on any atom is -0.456 e. The Bertz CT molecular complexity index is 999. The van der Waals surface area contributed by atoms with Crippen LogP contribution >= 0.6 is 45.2 Å². The van der Waals surface area contributed by atoms with Crippen LogP contribution in [0.2, 0.25) is 0 Å². The summed E-state index contributed by atoms with van der Waals surface area (Å²) in [5.41, 5.74) is -0.738. The Morgan fingerprint density at radius 3 is 2.12 bits per heavy atom. The normalized spacial score (nSPS) is 24.0. The highest BCUT2D eigenvalue weighted by Crippen LogP contribution is 2.49. The number of carbonyl (C=O) groups excluding carboxylic acids is 3. The van der Waals surface area contributed by atoms with Crippen molar-refractivity contribution in [3.63, 3.8) is 0 Å². The minimum atomic E-state index is -4.67. The lowest BCUT2D eigenvalue weighted by molar-refractivity contribution is -0.191. The number of benzene rings is 1. The summed E-state index contributed by atoms with van der Waals surface area (Å²) in [5.74, 6) is -5.45. The van der Waals surface area contributed by atoms with Gasteiger partial charge < -0.3 is 14.2 Å². The van der Waals surface area contributed by atoms with Crippen molar-refractivity contribution in [2.75, 3.05) is 6.61 Å². The SMILES string of the molecule is CC(C)(C)OC(=O)c1cc(I)cc(I)c1OC(=O)C1C2C=CC(C2)C1C(=O)OCC(F)(F)F. The molecule has 0 heterocycles. The van der Waals surface area contributed by atoms with Crippen molar-refractivity contribution < 1.29 is 41.8 Å². The highest BCUT2D eigenvalue weighted by atomic mass is 127. The molecule has 4 unspecified atom stereocenters. The standard InChI is InChI=1S/C22H21F3I2O6/c1-21(2,3)33-18(28)13-7-12(26)8-14(27)17(13)32-20(30)16-11-5-4-10(6-11)15(16)19(29)31-9-22(23,24)25/h4-5,7-8,10-11,15-16H,6,9H2,1-3H3. The zero-order valence-corrected chi connectivity index (χ0v) is 22.2. The summed E-state index contributed by atoms with van der Waals surface area (Å²) in [6, 6.07) is 3.22. The molecule has 0 aromatic heterocycles. The van der Waals surface area contributed by atoms with E-state index in [1.54, 1.807) is 39.0 Å². The maximum absolute atomic E-state index is 13.2. The summed E-state index contributed by atoms with van der Waals surface area (Å²) in [7, 11) is 0. The lowest BCUT2D eigenvalue weighted by Gasteiger charge is -2.26. The third kappa shape index (κ3) is 6.40. The number of esters is 3. The number of hydrogen-bond acceptors (Lipinski definition) is 6. The van der Waals surface area contributed by atoms with Gasteiger partial charge in [-0.25, -0.2) is 4.79 Å². The molecule has 0 N–H and O–H groups in total. The second-order valence-corrected chi connectivity index (χ2v) is 11.3. The van der Waals surface area contributed by atoms with Crippen LogP contribution < -0.4 is 4.74 Å². The van der Waals surface area contributed by atoms with E-state index in [9.17, 15) is 27.6 Å². The molecule has 11 heteroatoms. The average molecular weight is 692 g/mol. The van der Waals surface area contributed by atoms with E-state index in [-0.39, 0.29) is 17.2 Å². The van der Waals surface area contributed by atoms with E-state index in [0.29, 0.717) is 13.6 Å². The van der Waals surface area contributed by atoms with E-state index in [1.807, 2.05) is 45.2 Å². The highest BCUT2D eigenvalue weighted by Gasteiger charge is 2.53. The van der Waals surface area contributed by atoms with Crippen LogP contribution in [0.1, 0.15) is 37.6 Å². The highest BCUT2D eigenvalue weighted by molar-refractivity contribution is 14.1. The van der Waals surface area contributed by atoms with Crippen LogP contribution in [0, 0.1) is 30.8 Å². The molecule has 4 atom stereocenters. The summed E-state index contributed by atoms with van der Waals surface area (Å²) in [6.45, 7) is 3.39. The molecule has 2 aliphatic rings. The molecule has 6 nitrogen and oxygen atoms in total. The molecule has 33 heavy (non-hydrogen) atoms. The predicted molar refractivity (Wildman–Crippen MR) is 127 cm³/mol. The monoisotopic (exact) mass is 692 g/mol. The minimum absolute atomic E-state index is 0.00979. The molecule has 0 aliphatic heterocycles. The van der Waals surface area contributed by atoms with Gasteiger partial charge in [-0.1, -0.05) is 12.2 Å². The third-order valence-electron chi connectivity index (χ3n) is 5.21. The maximum atomic E-state index is 13.2. The molecule has 0 radical (unpaired) electrons. The Labute approximate surface area is 215 Å². The first-order chi connectivity index (χ1) is 15.2. The second kappa shape index (κ2) is 9.70. The number of allylic oxidation sites excluding steroid dienone is 2. The fourth-order valence-electron chi connectivity index (χ4n) is 4.03. The second-order valence-electron chi connectivity index (χ2n) is 8.91. The van der Waals surface area contributed by atoms with Crippen molar-refractivity contribution >= 4 is 63.1 Å².